The number of hydrogen-bond donors (Lipinski definition) is 0. The highest BCUT2D eigenvalue weighted by Gasteiger charge is 2.32. The van der Waals surface area contributed by atoms with Gasteiger partial charge in [-0.05, 0) is 47.7 Å². The maximum atomic E-state index is 12.7. The summed E-state index contributed by atoms with van der Waals surface area (Å²) in [6.45, 7) is 0.993. The number of aryl methyl sites for hydroxylation is 1. The fraction of sp³-hybridized carbons (Fsp3) is 0.348. The molecule has 29 heavy (non-hydrogen) atoms. The normalized spacial score (nSPS) is 15.7. The Balaban J connectivity index is 1.32. The van der Waals surface area contributed by atoms with Crippen LogP contribution in [0.4, 0.5) is 0 Å². The van der Waals surface area contributed by atoms with Crippen LogP contribution in [0.3, 0.4) is 0 Å². The van der Waals surface area contributed by atoms with Crippen LogP contribution < -0.4 is 0 Å². The predicted molar refractivity (Wildman–Crippen MR) is 113 cm³/mol. The molecule has 0 bridgehead atoms. The van der Waals surface area contributed by atoms with Crippen molar-refractivity contribution in [1.29, 1.82) is 0 Å². The van der Waals surface area contributed by atoms with Crippen molar-refractivity contribution in [3.05, 3.63) is 72.2 Å². The minimum atomic E-state index is -3.27. The zero-order valence-electron chi connectivity index (χ0n) is 16.3. The van der Waals surface area contributed by atoms with Crippen molar-refractivity contribution >= 4 is 26.5 Å². The zero-order chi connectivity index (χ0) is 20.3. The number of carbonyl (C=O) groups is 1. The summed E-state index contributed by atoms with van der Waals surface area (Å²) in [5.41, 5.74) is 1.17. The van der Waals surface area contributed by atoms with Gasteiger partial charge in [0.15, 0.2) is 9.84 Å². The number of sulfone groups is 1. The van der Waals surface area contributed by atoms with Gasteiger partial charge in [-0.3, -0.25) is 4.79 Å². The monoisotopic (exact) mass is 411 g/mol. The van der Waals surface area contributed by atoms with Gasteiger partial charge in [-0.1, -0.05) is 42.5 Å². The zero-order valence-corrected chi connectivity index (χ0v) is 17.1. The molecule has 4 rings (SSSR count). The molecule has 1 aliphatic rings. The highest BCUT2D eigenvalue weighted by Crippen LogP contribution is 2.23. The fourth-order valence-electron chi connectivity index (χ4n) is 4.09. The molecule has 3 aromatic rings. The lowest BCUT2D eigenvalue weighted by atomic mass is 10.0. The van der Waals surface area contributed by atoms with Crippen LogP contribution in [-0.2, 0) is 26.8 Å². The molecule has 2 heterocycles. The van der Waals surface area contributed by atoms with Gasteiger partial charge in [0.1, 0.15) is 11.5 Å². The third-order valence-electron chi connectivity index (χ3n) is 5.71. The van der Waals surface area contributed by atoms with Crippen LogP contribution in [-0.4, -0.2) is 37.6 Å². The van der Waals surface area contributed by atoms with Crippen molar-refractivity contribution < 1.29 is 17.6 Å². The van der Waals surface area contributed by atoms with Crippen LogP contribution in [0.1, 0.15) is 30.6 Å². The molecule has 6 heteroatoms. The van der Waals surface area contributed by atoms with Crippen molar-refractivity contribution in [2.75, 3.05) is 13.1 Å². The molecule has 0 unspecified atom stereocenters. The van der Waals surface area contributed by atoms with Crippen molar-refractivity contribution in [3.63, 3.8) is 0 Å². The Morgan fingerprint density at radius 2 is 1.76 bits per heavy atom. The van der Waals surface area contributed by atoms with E-state index in [0.717, 1.165) is 0 Å². The van der Waals surface area contributed by atoms with Crippen molar-refractivity contribution in [3.8, 4) is 0 Å². The Morgan fingerprint density at radius 3 is 2.52 bits per heavy atom. The van der Waals surface area contributed by atoms with Crippen LogP contribution in [0.15, 0.2) is 65.3 Å². The van der Waals surface area contributed by atoms with E-state index in [4.69, 9.17) is 4.42 Å². The van der Waals surface area contributed by atoms with Crippen LogP contribution in [0, 0.1) is 0 Å². The standard InChI is InChI=1S/C23H25NO4S/c25-23(11-10-19-7-3-6-18-5-1-2-9-22(18)19)24-14-12-21(13-15-24)29(26,27)17-20-8-4-16-28-20/h1-9,16,21H,10-15,17H2. The SMILES string of the molecule is O=C(CCc1cccc2ccccc12)N1CCC(S(=O)(=O)Cc2ccco2)CC1. The van der Waals surface area contributed by atoms with Gasteiger partial charge < -0.3 is 9.32 Å². The lowest BCUT2D eigenvalue weighted by Crippen LogP contribution is -2.42. The minimum absolute atomic E-state index is 0.0697. The molecule has 0 N–H and O–H groups in total. The lowest BCUT2D eigenvalue weighted by Gasteiger charge is -2.31. The second-order valence-electron chi connectivity index (χ2n) is 7.60. The fourth-order valence-corrected chi connectivity index (χ4v) is 5.81. The quantitative estimate of drug-likeness (QED) is 0.615. The summed E-state index contributed by atoms with van der Waals surface area (Å²) < 4.78 is 30.4. The van der Waals surface area contributed by atoms with Crippen molar-refractivity contribution in [2.24, 2.45) is 0 Å². The van der Waals surface area contributed by atoms with Gasteiger partial charge in [0.05, 0.1) is 11.5 Å². The van der Waals surface area contributed by atoms with Crippen LogP contribution in [0.2, 0.25) is 0 Å². The van der Waals surface area contributed by atoms with Gasteiger partial charge in [0.2, 0.25) is 5.91 Å². The minimum Gasteiger partial charge on any atom is -0.468 e. The maximum Gasteiger partial charge on any atom is 0.222 e. The summed E-state index contributed by atoms with van der Waals surface area (Å²) in [6.07, 6.45) is 3.60. The Bertz CT molecular complexity index is 1080. The summed E-state index contributed by atoms with van der Waals surface area (Å²) in [5, 5.41) is 1.96. The van der Waals surface area contributed by atoms with E-state index in [0.29, 0.717) is 44.5 Å². The van der Waals surface area contributed by atoms with E-state index in [1.165, 1.54) is 22.6 Å². The highest BCUT2D eigenvalue weighted by molar-refractivity contribution is 7.91. The Kier molecular flexibility index (Phi) is 5.72. The number of fused-ring (bicyclic) bond motifs is 1. The predicted octanol–water partition coefficient (Wildman–Crippen LogP) is 3.97. The van der Waals surface area contributed by atoms with Crippen LogP contribution in [0.5, 0.6) is 0 Å². The number of nitrogens with zero attached hydrogens (tertiary/aromatic N) is 1. The second-order valence-corrected chi connectivity index (χ2v) is 9.89. The first-order valence-corrected chi connectivity index (χ1v) is 11.7. The summed E-state index contributed by atoms with van der Waals surface area (Å²) in [7, 11) is -3.27. The molecule has 1 aliphatic heterocycles. The number of carbonyl (C=O) groups excluding carboxylic acids is 1. The molecule has 152 valence electrons. The number of hydrogen-bond acceptors (Lipinski definition) is 4. The molecule has 1 aromatic heterocycles. The number of likely N-dealkylation sites (tertiary alicyclic amines) is 1. The average molecular weight is 412 g/mol. The van der Waals surface area contributed by atoms with Gasteiger partial charge in [-0.2, -0.15) is 0 Å². The first-order chi connectivity index (χ1) is 14.0. The largest absolute Gasteiger partial charge is 0.468 e. The first kappa shape index (κ1) is 19.7. The Morgan fingerprint density at radius 1 is 1.00 bits per heavy atom. The third kappa shape index (κ3) is 4.53. The van der Waals surface area contributed by atoms with Crippen molar-refractivity contribution in [2.45, 2.75) is 36.7 Å². The molecule has 1 saturated heterocycles. The molecule has 5 nitrogen and oxygen atoms in total. The van der Waals surface area contributed by atoms with E-state index in [1.54, 1.807) is 12.1 Å². The molecule has 0 aliphatic carbocycles. The van der Waals surface area contributed by atoms with E-state index in [1.807, 2.05) is 23.1 Å². The first-order valence-electron chi connectivity index (χ1n) is 10.0. The Hall–Kier alpha value is -2.60. The highest BCUT2D eigenvalue weighted by atomic mass is 32.2. The van der Waals surface area contributed by atoms with E-state index < -0.39 is 15.1 Å². The molecule has 2 aromatic carbocycles. The van der Waals surface area contributed by atoms with E-state index in [2.05, 4.69) is 24.3 Å². The molecule has 0 saturated carbocycles. The molecular weight excluding hydrogens is 386 g/mol. The molecule has 1 amide bonds. The number of rotatable bonds is 6. The maximum absolute atomic E-state index is 12.7. The number of furan rings is 1. The molecule has 0 radical (unpaired) electrons. The van der Waals surface area contributed by atoms with Crippen LogP contribution >= 0.6 is 0 Å². The molecule has 0 spiro atoms. The van der Waals surface area contributed by atoms with Crippen molar-refractivity contribution in [1.82, 2.24) is 4.90 Å². The summed E-state index contributed by atoms with van der Waals surface area (Å²) in [4.78, 5) is 14.5. The van der Waals surface area contributed by atoms with E-state index in [9.17, 15) is 13.2 Å². The lowest BCUT2D eigenvalue weighted by molar-refractivity contribution is -0.132. The van der Waals surface area contributed by atoms with Gasteiger partial charge in [0, 0.05) is 19.5 Å². The summed E-state index contributed by atoms with van der Waals surface area (Å²) in [6, 6.07) is 17.8. The van der Waals surface area contributed by atoms with Gasteiger partial charge in [-0.25, -0.2) is 8.42 Å². The van der Waals surface area contributed by atoms with Gasteiger partial charge in [0.25, 0.3) is 0 Å². The van der Waals surface area contributed by atoms with Crippen LogP contribution in [0.25, 0.3) is 10.8 Å². The van der Waals surface area contributed by atoms with E-state index >= 15 is 0 Å². The molecule has 1 fully saturated rings. The molecular formula is C23H25NO4S. The number of amides is 1. The topological polar surface area (TPSA) is 67.6 Å². The average Bonchev–Trinajstić information content (AvgIpc) is 3.24. The summed E-state index contributed by atoms with van der Waals surface area (Å²) in [5.74, 6) is 0.498. The third-order valence-corrected chi connectivity index (χ3v) is 7.89. The van der Waals surface area contributed by atoms with Gasteiger partial charge in [-0.15, -0.1) is 0 Å². The summed E-state index contributed by atoms with van der Waals surface area (Å²) >= 11 is 0. The number of benzene rings is 2. The van der Waals surface area contributed by atoms with E-state index in [-0.39, 0.29) is 11.7 Å². The number of piperidine rings is 1. The smallest absolute Gasteiger partial charge is 0.222 e. The van der Waals surface area contributed by atoms with Gasteiger partial charge >= 0.3 is 0 Å². The second kappa shape index (κ2) is 8.41. The Labute approximate surface area is 171 Å². The molecule has 0 atom stereocenters.